The molecule has 0 heterocycles. The van der Waals surface area contributed by atoms with Crippen molar-refractivity contribution in [3.63, 3.8) is 0 Å². The number of aliphatic hydroxyl groups is 1. The SMILES string of the molecule is COc1ccccc1NC(=O)NCC(O)c1cccc2ccccc12. The molecule has 3 N–H and O–H groups in total. The summed E-state index contributed by atoms with van der Waals surface area (Å²) in [6, 6.07) is 20.4. The zero-order valence-electron chi connectivity index (χ0n) is 13.9. The Morgan fingerprint density at radius 1 is 1.04 bits per heavy atom. The fraction of sp³-hybridized carbons (Fsp3) is 0.150. The number of ether oxygens (including phenoxy) is 1. The summed E-state index contributed by atoms with van der Waals surface area (Å²) in [7, 11) is 1.54. The van der Waals surface area contributed by atoms with Crippen LogP contribution in [0.4, 0.5) is 10.5 Å². The van der Waals surface area contributed by atoms with E-state index in [0.717, 1.165) is 16.3 Å². The van der Waals surface area contributed by atoms with Gasteiger partial charge in [-0.1, -0.05) is 54.6 Å². The van der Waals surface area contributed by atoms with Crippen molar-refractivity contribution < 1.29 is 14.6 Å². The van der Waals surface area contributed by atoms with Gasteiger partial charge in [0.25, 0.3) is 0 Å². The molecule has 5 heteroatoms. The number of aliphatic hydroxyl groups excluding tert-OH is 1. The summed E-state index contributed by atoms with van der Waals surface area (Å²) in [5.74, 6) is 0.576. The maximum Gasteiger partial charge on any atom is 0.319 e. The van der Waals surface area contributed by atoms with Crippen LogP contribution in [0, 0.1) is 0 Å². The summed E-state index contributed by atoms with van der Waals surface area (Å²) in [6.07, 6.45) is -0.797. The van der Waals surface area contributed by atoms with Gasteiger partial charge in [0, 0.05) is 6.54 Å². The molecule has 0 aliphatic heterocycles. The van der Waals surface area contributed by atoms with Gasteiger partial charge in [-0.25, -0.2) is 4.79 Å². The lowest BCUT2D eigenvalue weighted by Crippen LogP contribution is -2.32. The highest BCUT2D eigenvalue weighted by molar-refractivity contribution is 5.91. The van der Waals surface area contributed by atoms with Crippen LogP contribution in [0.3, 0.4) is 0 Å². The Labute approximate surface area is 146 Å². The molecule has 25 heavy (non-hydrogen) atoms. The lowest BCUT2D eigenvalue weighted by molar-refractivity contribution is 0.176. The summed E-state index contributed by atoms with van der Waals surface area (Å²) in [5.41, 5.74) is 1.36. The predicted octanol–water partition coefficient (Wildman–Crippen LogP) is 3.70. The smallest absolute Gasteiger partial charge is 0.319 e. The lowest BCUT2D eigenvalue weighted by atomic mass is 10.0. The van der Waals surface area contributed by atoms with Crippen LogP contribution in [-0.4, -0.2) is 24.8 Å². The Hall–Kier alpha value is -3.05. The van der Waals surface area contributed by atoms with Gasteiger partial charge in [-0.3, -0.25) is 0 Å². The molecule has 0 spiro atoms. The third-order valence-electron chi connectivity index (χ3n) is 3.99. The van der Waals surface area contributed by atoms with Crippen LogP contribution in [0.1, 0.15) is 11.7 Å². The van der Waals surface area contributed by atoms with Gasteiger partial charge < -0.3 is 20.5 Å². The monoisotopic (exact) mass is 336 g/mol. The van der Waals surface area contributed by atoms with Crippen molar-refractivity contribution in [3.8, 4) is 5.75 Å². The molecule has 1 atom stereocenters. The van der Waals surface area contributed by atoms with E-state index >= 15 is 0 Å². The molecule has 2 amide bonds. The first-order valence-corrected chi connectivity index (χ1v) is 8.02. The number of amides is 2. The second-order valence-corrected chi connectivity index (χ2v) is 5.62. The highest BCUT2D eigenvalue weighted by atomic mass is 16.5. The predicted molar refractivity (Wildman–Crippen MR) is 98.9 cm³/mol. The van der Waals surface area contributed by atoms with Crippen LogP contribution >= 0.6 is 0 Å². The molecule has 128 valence electrons. The van der Waals surface area contributed by atoms with Crippen molar-refractivity contribution in [2.75, 3.05) is 19.0 Å². The van der Waals surface area contributed by atoms with Crippen molar-refractivity contribution in [3.05, 3.63) is 72.3 Å². The van der Waals surface area contributed by atoms with Gasteiger partial charge >= 0.3 is 6.03 Å². The van der Waals surface area contributed by atoms with Crippen LogP contribution < -0.4 is 15.4 Å². The van der Waals surface area contributed by atoms with Crippen molar-refractivity contribution in [1.82, 2.24) is 5.32 Å². The van der Waals surface area contributed by atoms with Gasteiger partial charge in [-0.2, -0.15) is 0 Å². The van der Waals surface area contributed by atoms with Crippen molar-refractivity contribution >= 4 is 22.5 Å². The fourth-order valence-electron chi connectivity index (χ4n) is 2.75. The number of nitrogens with one attached hydrogen (secondary N) is 2. The molecule has 0 fully saturated rings. The molecule has 0 bridgehead atoms. The third kappa shape index (κ3) is 3.89. The standard InChI is InChI=1S/C20H20N2O3/c1-25-19-12-5-4-11-17(19)22-20(24)21-13-18(23)16-10-6-8-14-7-2-3-9-15(14)16/h2-12,18,23H,13H2,1H3,(H2,21,22,24). The second kappa shape index (κ2) is 7.68. The number of anilines is 1. The van der Waals surface area contributed by atoms with E-state index in [9.17, 15) is 9.90 Å². The number of hydrogen-bond donors (Lipinski definition) is 3. The number of benzene rings is 3. The summed E-state index contributed by atoms with van der Waals surface area (Å²) in [5, 5.41) is 17.9. The largest absolute Gasteiger partial charge is 0.495 e. The second-order valence-electron chi connectivity index (χ2n) is 5.62. The average molecular weight is 336 g/mol. The van der Waals surface area contributed by atoms with E-state index in [0.29, 0.717) is 11.4 Å². The molecule has 0 aromatic heterocycles. The normalized spacial score (nSPS) is 11.8. The highest BCUT2D eigenvalue weighted by Crippen LogP contribution is 2.24. The lowest BCUT2D eigenvalue weighted by Gasteiger charge is -2.16. The average Bonchev–Trinajstić information content (AvgIpc) is 2.66. The van der Waals surface area contributed by atoms with E-state index in [2.05, 4.69) is 10.6 Å². The van der Waals surface area contributed by atoms with Crippen molar-refractivity contribution in [2.45, 2.75) is 6.10 Å². The minimum atomic E-state index is -0.797. The van der Waals surface area contributed by atoms with E-state index in [1.54, 1.807) is 19.2 Å². The van der Waals surface area contributed by atoms with Gasteiger partial charge in [0.1, 0.15) is 5.75 Å². The van der Waals surface area contributed by atoms with Crippen LogP contribution in [0.5, 0.6) is 5.75 Å². The minimum Gasteiger partial charge on any atom is -0.495 e. The zero-order valence-corrected chi connectivity index (χ0v) is 13.9. The number of urea groups is 1. The molecule has 0 saturated heterocycles. The summed E-state index contributed by atoms with van der Waals surface area (Å²) >= 11 is 0. The number of para-hydroxylation sites is 2. The number of rotatable bonds is 5. The molecule has 0 aliphatic rings. The van der Waals surface area contributed by atoms with Crippen molar-refractivity contribution in [2.24, 2.45) is 0 Å². The molecule has 0 aliphatic carbocycles. The topological polar surface area (TPSA) is 70.6 Å². The third-order valence-corrected chi connectivity index (χ3v) is 3.99. The molecule has 3 aromatic carbocycles. The van der Waals surface area contributed by atoms with Gasteiger partial charge in [0.2, 0.25) is 0 Å². The van der Waals surface area contributed by atoms with E-state index in [4.69, 9.17) is 4.74 Å². The Bertz CT molecular complexity index is 874. The van der Waals surface area contributed by atoms with E-state index < -0.39 is 12.1 Å². The number of carbonyl (C=O) groups is 1. The maximum atomic E-state index is 12.1. The first kappa shape index (κ1) is 16.8. The quantitative estimate of drug-likeness (QED) is 0.665. The minimum absolute atomic E-state index is 0.106. The molecular weight excluding hydrogens is 316 g/mol. The Morgan fingerprint density at radius 3 is 2.60 bits per heavy atom. The van der Waals surface area contributed by atoms with Gasteiger partial charge in [0.15, 0.2) is 0 Å². The highest BCUT2D eigenvalue weighted by Gasteiger charge is 2.13. The fourth-order valence-corrected chi connectivity index (χ4v) is 2.75. The van der Waals surface area contributed by atoms with E-state index in [1.807, 2.05) is 54.6 Å². The molecule has 0 radical (unpaired) electrons. The first-order valence-electron chi connectivity index (χ1n) is 8.02. The maximum absolute atomic E-state index is 12.1. The Kier molecular flexibility index (Phi) is 5.16. The van der Waals surface area contributed by atoms with Gasteiger partial charge in [-0.15, -0.1) is 0 Å². The van der Waals surface area contributed by atoms with E-state index in [1.165, 1.54) is 0 Å². The summed E-state index contributed by atoms with van der Waals surface area (Å²) < 4.78 is 5.20. The number of methoxy groups -OCH3 is 1. The van der Waals surface area contributed by atoms with Crippen LogP contribution in [0.15, 0.2) is 66.7 Å². The van der Waals surface area contributed by atoms with E-state index in [-0.39, 0.29) is 6.54 Å². The molecule has 5 nitrogen and oxygen atoms in total. The van der Waals surface area contributed by atoms with Crippen LogP contribution in [0.25, 0.3) is 10.8 Å². The number of fused-ring (bicyclic) bond motifs is 1. The summed E-state index contributed by atoms with van der Waals surface area (Å²) in [6.45, 7) is 0.106. The zero-order chi connectivity index (χ0) is 17.6. The first-order chi connectivity index (χ1) is 12.2. The van der Waals surface area contributed by atoms with Gasteiger partial charge in [-0.05, 0) is 28.5 Å². The van der Waals surface area contributed by atoms with Crippen LogP contribution in [0.2, 0.25) is 0 Å². The van der Waals surface area contributed by atoms with Crippen molar-refractivity contribution in [1.29, 1.82) is 0 Å². The number of carbonyl (C=O) groups excluding carboxylic acids is 1. The molecule has 3 aromatic rings. The molecule has 3 rings (SSSR count). The summed E-state index contributed by atoms with van der Waals surface area (Å²) in [4.78, 5) is 12.1. The molecule has 0 saturated carbocycles. The Morgan fingerprint density at radius 2 is 1.76 bits per heavy atom. The van der Waals surface area contributed by atoms with Gasteiger partial charge in [0.05, 0.1) is 18.9 Å². The Balaban J connectivity index is 1.65. The molecular formula is C20H20N2O3. The molecule has 1 unspecified atom stereocenters. The van der Waals surface area contributed by atoms with Crippen LogP contribution in [-0.2, 0) is 0 Å². The number of hydrogen-bond acceptors (Lipinski definition) is 3.